The van der Waals surface area contributed by atoms with Gasteiger partial charge in [0.05, 0.1) is 0 Å². The standard InChI is InChI=1S/C66H126O6/c1-4-7-10-13-16-19-22-24-26-28-29-30-31-32-33-34-35-36-37-38-40-41-44-47-50-53-56-59-65(68)71-62-63(61-70-64(67)58-55-52-49-46-43-21-18-15-12-9-6-3)72-66(69)60-57-54-51-48-45-42-39-27-25-23-20-17-14-11-8-5-2/h27,39,63H,4-26,28-38,40-62H2,1-3H3/b39-27-. The Morgan fingerprint density at radius 3 is 0.694 bits per heavy atom. The van der Waals surface area contributed by atoms with Gasteiger partial charge in [0.25, 0.3) is 0 Å². The molecule has 0 aliphatic heterocycles. The Labute approximate surface area is 450 Å². The van der Waals surface area contributed by atoms with E-state index in [4.69, 9.17) is 14.2 Å². The SMILES string of the molecule is CCCCCCCCC/C=C\CCCCCCCC(=O)OC(COC(=O)CCCCCCCCCCCCC)COC(=O)CCCCCCCCCCCCCCCCCCCCCCCCCCCCC. The number of esters is 3. The van der Waals surface area contributed by atoms with Crippen molar-refractivity contribution in [3.05, 3.63) is 12.2 Å². The Bertz CT molecular complexity index is 1120. The van der Waals surface area contributed by atoms with E-state index in [0.717, 1.165) is 64.2 Å². The van der Waals surface area contributed by atoms with Gasteiger partial charge >= 0.3 is 17.9 Å². The molecule has 0 bridgehead atoms. The molecular weight excluding hydrogens is 889 g/mol. The summed E-state index contributed by atoms with van der Waals surface area (Å²) in [5.74, 6) is -0.849. The minimum atomic E-state index is -0.769. The molecule has 0 saturated heterocycles. The van der Waals surface area contributed by atoms with Gasteiger partial charge in [-0.05, 0) is 44.9 Å². The lowest BCUT2D eigenvalue weighted by molar-refractivity contribution is -0.167. The van der Waals surface area contributed by atoms with E-state index in [1.807, 2.05) is 0 Å². The molecule has 1 unspecified atom stereocenters. The summed E-state index contributed by atoms with van der Waals surface area (Å²) in [7, 11) is 0. The molecule has 0 aromatic rings. The van der Waals surface area contributed by atoms with E-state index in [-0.39, 0.29) is 31.1 Å². The van der Waals surface area contributed by atoms with Crippen LogP contribution < -0.4 is 0 Å². The van der Waals surface area contributed by atoms with Crippen molar-refractivity contribution in [1.82, 2.24) is 0 Å². The van der Waals surface area contributed by atoms with Crippen LogP contribution in [-0.2, 0) is 28.6 Å². The molecular formula is C66H126O6. The first kappa shape index (κ1) is 70.1. The highest BCUT2D eigenvalue weighted by atomic mass is 16.6. The van der Waals surface area contributed by atoms with Crippen molar-refractivity contribution in [3.8, 4) is 0 Å². The molecule has 0 spiro atoms. The van der Waals surface area contributed by atoms with Crippen LogP contribution in [0, 0.1) is 0 Å². The highest BCUT2D eigenvalue weighted by Gasteiger charge is 2.19. The number of hydrogen-bond acceptors (Lipinski definition) is 6. The van der Waals surface area contributed by atoms with Gasteiger partial charge < -0.3 is 14.2 Å². The zero-order valence-corrected chi connectivity index (χ0v) is 49.0. The summed E-state index contributed by atoms with van der Waals surface area (Å²) in [4.78, 5) is 38.2. The Balaban J connectivity index is 4.13. The molecule has 0 saturated carbocycles. The van der Waals surface area contributed by atoms with Crippen LogP contribution in [0.3, 0.4) is 0 Å². The van der Waals surface area contributed by atoms with Gasteiger partial charge in [-0.3, -0.25) is 14.4 Å². The summed E-state index contributed by atoms with van der Waals surface area (Å²) in [6.07, 6.45) is 72.4. The molecule has 0 amide bonds. The first-order valence-corrected chi connectivity index (χ1v) is 32.7. The number of carbonyl (C=O) groups excluding carboxylic acids is 3. The fourth-order valence-electron chi connectivity index (χ4n) is 10.1. The van der Waals surface area contributed by atoms with Gasteiger partial charge in [0.1, 0.15) is 13.2 Å². The molecule has 1 atom stereocenters. The average Bonchev–Trinajstić information content (AvgIpc) is 3.38. The Kier molecular flexibility index (Phi) is 60.1. The lowest BCUT2D eigenvalue weighted by Gasteiger charge is -2.18. The van der Waals surface area contributed by atoms with Crippen molar-refractivity contribution < 1.29 is 28.6 Å². The van der Waals surface area contributed by atoms with Gasteiger partial charge in [0.2, 0.25) is 0 Å². The number of carbonyl (C=O) groups is 3. The maximum absolute atomic E-state index is 12.9. The van der Waals surface area contributed by atoms with Crippen LogP contribution in [0.25, 0.3) is 0 Å². The van der Waals surface area contributed by atoms with Gasteiger partial charge in [-0.25, -0.2) is 0 Å². The van der Waals surface area contributed by atoms with Crippen molar-refractivity contribution in [2.45, 2.75) is 380 Å². The molecule has 0 aliphatic carbocycles. The monoisotopic (exact) mass is 1010 g/mol. The molecule has 0 aromatic carbocycles. The Morgan fingerprint density at radius 2 is 0.458 bits per heavy atom. The number of allylic oxidation sites excluding steroid dienone is 2. The third-order valence-electron chi connectivity index (χ3n) is 15.0. The summed E-state index contributed by atoms with van der Waals surface area (Å²) in [5, 5.41) is 0. The fraction of sp³-hybridized carbons (Fsp3) is 0.924. The van der Waals surface area contributed by atoms with Gasteiger partial charge in [-0.1, -0.05) is 322 Å². The van der Waals surface area contributed by atoms with Crippen molar-refractivity contribution in [3.63, 3.8) is 0 Å². The van der Waals surface area contributed by atoms with E-state index in [9.17, 15) is 14.4 Å². The second-order valence-electron chi connectivity index (χ2n) is 22.4. The maximum Gasteiger partial charge on any atom is 0.306 e. The molecule has 0 aromatic heterocycles. The van der Waals surface area contributed by atoms with Crippen LogP contribution in [-0.4, -0.2) is 37.2 Å². The van der Waals surface area contributed by atoms with Gasteiger partial charge in [-0.2, -0.15) is 0 Å². The van der Waals surface area contributed by atoms with Crippen molar-refractivity contribution in [2.75, 3.05) is 13.2 Å². The van der Waals surface area contributed by atoms with E-state index in [1.165, 1.54) is 270 Å². The minimum Gasteiger partial charge on any atom is -0.462 e. The molecule has 0 rings (SSSR count). The summed E-state index contributed by atoms with van der Waals surface area (Å²) in [6, 6.07) is 0. The molecule has 0 heterocycles. The van der Waals surface area contributed by atoms with Gasteiger partial charge in [-0.15, -0.1) is 0 Å². The summed E-state index contributed by atoms with van der Waals surface area (Å²) in [5.41, 5.74) is 0. The highest BCUT2D eigenvalue weighted by molar-refractivity contribution is 5.71. The van der Waals surface area contributed by atoms with Crippen LogP contribution >= 0.6 is 0 Å². The summed E-state index contributed by atoms with van der Waals surface area (Å²) < 4.78 is 16.9. The molecule has 72 heavy (non-hydrogen) atoms. The molecule has 0 fully saturated rings. The third kappa shape index (κ3) is 59.0. The van der Waals surface area contributed by atoms with Crippen molar-refractivity contribution >= 4 is 17.9 Å². The largest absolute Gasteiger partial charge is 0.462 e. The van der Waals surface area contributed by atoms with Gasteiger partial charge in [0, 0.05) is 19.3 Å². The number of ether oxygens (including phenoxy) is 3. The van der Waals surface area contributed by atoms with E-state index in [2.05, 4.69) is 32.9 Å². The van der Waals surface area contributed by atoms with Crippen LogP contribution in [0.4, 0.5) is 0 Å². The molecule has 426 valence electrons. The lowest BCUT2D eigenvalue weighted by atomic mass is 10.0. The van der Waals surface area contributed by atoms with Crippen molar-refractivity contribution in [1.29, 1.82) is 0 Å². The topological polar surface area (TPSA) is 78.9 Å². The Hall–Kier alpha value is -1.85. The molecule has 0 N–H and O–H groups in total. The van der Waals surface area contributed by atoms with E-state index in [1.54, 1.807) is 0 Å². The predicted octanol–water partition coefficient (Wildman–Crippen LogP) is 22.1. The Morgan fingerprint density at radius 1 is 0.264 bits per heavy atom. The molecule has 0 radical (unpaired) electrons. The molecule has 6 nitrogen and oxygen atoms in total. The summed E-state index contributed by atoms with van der Waals surface area (Å²) >= 11 is 0. The normalized spacial score (nSPS) is 12.0. The average molecular weight is 1020 g/mol. The molecule has 0 aliphatic rings. The van der Waals surface area contributed by atoms with E-state index in [0.29, 0.717) is 19.3 Å². The number of unbranched alkanes of at least 4 members (excludes halogenated alkanes) is 48. The smallest absolute Gasteiger partial charge is 0.306 e. The third-order valence-corrected chi connectivity index (χ3v) is 15.0. The van der Waals surface area contributed by atoms with Crippen LogP contribution in [0.5, 0.6) is 0 Å². The number of rotatable bonds is 61. The zero-order chi connectivity index (χ0) is 52.2. The quantitative estimate of drug-likeness (QED) is 0.0261. The van der Waals surface area contributed by atoms with Crippen LogP contribution in [0.1, 0.15) is 374 Å². The first-order chi connectivity index (χ1) is 35.5. The maximum atomic E-state index is 12.9. The summed E-state index contributed by atoms with van der Waals surface area (Å²) in [6.45, 7) is 6.69. The number of hydrogen-bond donors (Lipinski definition) is 0. The van der Waals surface area contributed by atoms with E-state index >= 15 is 0 Å². The fourth-order valence-corrected chi connectivity index (χ4v) is 10.1. The van der Waals surface area contributed by atoms with Gasteiger partial charge in [0.15, 0.2) is 6.10 Å². The second kappa shape index (κ2) is 61.7. The predicted molar refractivity (Wildman–Crippen MR) is 312 cm³/mol. The van der Waals surface area contributed by atoms with E-state index < -0.39 is 6.10 Å². The second-order valence-corrected chi connectivity index (χ2v) is 22.4. The molecule has 6 heteroatoms. The minimum absolute atomic E-state index is 0.0672. The lowest BCUT2D eigenvalue weighted by Crippen LogP contribution is -2.30. The highest BCUT2D eigenvalue weighted by Crippen LogP contribution is 2.18. The first-order valence-electron chi connectivity index (χ1n) is 32.7. The van der Waals surface area contributed by atoms with Crippen molar-refractivity contribution in [2.24, 2.45) is 0 Å². The van der Waals surface area contributed by atoms with Crippen LogP contribution in [0.15, 0.2) is 12.2 Å². The van der Waals surface area contributed by atoms with Crippen LogP contribution in [0.2, 0.25) is 0 Å². The zero-order valence-electron chi connectivity index (χ0n) is 49.0.